The molecule has 3 aromatic carbocycles. The van der Waals surface area contributed by atoms with Crippen LogP contribution in [-0.4, -0.2) is 35.7 Å². The fraction of sp³-hybridized carbons (Fsp3) is 0.387. The fourth-order valence-electron chi connectivity index (χ4n) is 3.80. The molecule has 0 spiro atoms. The van der Waals surface area contributed by atoms with E-state index in [0.717, 1.165) is 11.1 Å². The van der Waals surface area contributed by atoms with Crippen LogP contribution in [0.15, 0.2) is 78.9 Å². The third-order valence-corrected chi connectivity index (χ3v) is 5.60. The summed E-state index contributed by atoms with van der Waals surface area (Å²) in [6, 6.07) is 25.4. The van der Waals surface area contributed by atoms with Gasteiger partial charge >= 0.3 is 0 Å². The third kappa shape index (κ3) is 8.51. The minimum atomic E-state index is -0.719. The molecule has 0 saturated carbocycles. The Morgan fingerprint density at radius 1 is 0.917 bits per heavy atom. The summed E-state index contributed by atoms with van der Waals surface area (Å²) >= 11 is 0. The van der Waals surface area contributed by atoms with Crippen LogP contribution < -0.4 is 14.8 Å². The van der Waals surface area contributed by atoms with E-state index in [2.05, 4.69) is 5.32 Å². The van der Waals surface area contributed by atoms with Crippen molar-refractivity contribution in [2.24, 2.45) is 5.92 Å². The van der Waals surface area contributed by atoms with E-state index in [1.54, 1.807) is 12.1 Å². The average Bonchev–Trinajstić information content (AvgIpc) is 2.85. The molecule has 0 aliphatic carbocycles. The first-order valence-corrected chi connectivity index (χ1v) is 12.6. The summed E-state index contributed by atoms with van der Waals surface area (Å²) in [4.78, 5) is 13.0. The molecular weight excluding hydrogens is 450 g/mol. The third-order valence-electron chi connectivity index (χ3n) is 5.60. The van der Waals surface area contributed by atoms with Crippen molar-refractivity contribution in [1.29, 1.82) is 0 Å². The molecule has 1 atom stereocenters. The van der Waals surface area contributed by atoms with Gasteiger partial charge in [0.05, 0.1) is 5.56 Å². The first kappa shape index (κ1) is 27.4. The normalized spacial score (nSPS) is 12.6. The maximum Gasteiger partial charge on any atom is 0.166 e. The highest BCUT2D eigenvalue weighted by atomic mass is 16.5. The Bertz CT molecular complexity index is 1050. The zero-order valence-electron chi connectivity index (χ0n) is 22.0. The van der Waals surface area contributed by atoms with Crippen LogP contribution in [0.1, 0.15) is 68.6 Å². The van der Waals surface area contributed by atoms with E-state index in [0.29, 0.717) is 30.0 Å². The van der Waals surface area contributed by atoms with Gasteiger partial charge in [0.25, 0.3) is 0 Å². The Kier molecular flexibility index (Phi) is 9.68. The smallest absolute Gasteiger partial charge is 0.166 e. The second-order valence-corrected chi connectivity index (χ2v) is 10.6. The molecule has 0 aliphatic heterocycles. The second-order valence-electron chi connectivity index (χ2n) is 10.6. The molecule has 3 rings (SSSR count). The van der Waals surface area contributed by atoms with Crippen LogP contribution in [0.3, 0.4) is 0 Å². The maximum atomic E-state index is 13.0. The van der Waals surface area contributed by atoms with Crippen molar-refractivity contribution in [2.45, 2.75) is 58.8 Å². The maximum absolute atomic E-state index is 13.0. The summed E-state index contributed by atoms with van der Waals surface area (Å²) in [7, 11) is 0. The number of β-amino-alcohol motifs (C(OH)–C–C–N with tert-alkyl or cyclic N) is 1. The van der Waals surface area contributed by atoms with Gasteiger partial charge in [-0.15, -0.1) is 0 Å². The Labute approximate surface area is 215 Å². The molecule has 0 radical (unpaired) electrons. The fourth-order valence-corrected chi connectivity index (χ4v) is 3.80. The quantitative estimate of drug-likeness (QED) is 0.296. The van der Waals surface area contributed by atoms with Crippen molar-refractivity contribution in [2.75, 3.05) is 13.2 Å². The molecule has 0 amide bonds. The van der Waals surface area contributed by atoms with Gasteiger partial charge < -0.3 is 19.9 Å². The van der Waals surface area contributed by atoms with E-state index >= 15 is 0 Å². The Morgan fingerprint density at radius 2 is 1.50 bits per heavy atom. The van der Waals surface area contributed by atoms with Crippen LogP contribution in [0.25, 0.3) is 0 Å². The van der Waals surface area contributed by atoms with E-state index in [4.69, 9.17) is 9.47 Å². The molecule has 0 fully saturated rings. The molecule has 1 unspecified atom stereocenters. The average molecular weight is 490 g/mol. The number of carbonyl (C=O) groups excluding carboxylic acids is 1. The van der Waals surface area contributed by atoms with Gasteiger partial charge in [0, 0.05) is 24.6 Å². The molecule has 5 nitrogen and oxygen atoms in total. The summed E-state index contributed by atoms with van der Waals surface area (Å²) in [5.41, 5.74) is 2.43. The highest BCUT2D eigenvalue weighted by Gasteiger charge is 2.20. The van der Waals surface area contributed by atoms with E-state index < -0.39 is 6.10 Å². The van der Waals surface area contributed by atoms with E-state index in [-0.39, 0.29) is 30.0 Å². The van der Waals surface area contributed by atoms with E-state index in [1.807, 2.05) is 101 Å². The van der Waals surface area contributed by atoms with Crippen LogP contribution >= 0.6 is 0 Å². The summed E-state index contributed by atoms with van der Waals surface area (Å²) < 4.78 is 12.5. The van der Waals surface area contributed by atoms with Gasteiger partial charge in [0.1, 0.15) is 30.3 Å². The van der Waals surface area contributed by atoms with Gasteiger partial charge in [0.15, 0.2) is 5.78 Å². The largest absolute Gasteiger partial charge is 0.490 e. The van der Waals surface area contributed by atoms with Crippen molar-refractivity contribution in [3.63, 3.8) is 0 Å². The Balaban J connectivity index is 1.87. The number of hydrogen-bond donors (Lipinski definition) is 2. The van der Waals surface area contributed by atoms with Crippen molar-refractivity contribution >= 4 is 5.78 Å². The molecule has 0 saturated heterocycles. The lowest BCUT2D eigenvalue weighted by atomic mass is 10.00. The topological polar surface area (TPSA) is 67.8 Å². The van der Waals surface area contributed by atoms with Gasteiger partial charge in [-0.3, -0.25) is 4.79 Å². The molecule has 0 aromatic heterocycles. The lowest BCUT2D eigenvalue weighted by Gasteiger charge is -2.24. The van der Waals surface area contributed by atoms with Crippen molar-refractivity contribution < 1.29 is 19.4 Å². The zero-order valence-corrected chi connectivity index (χ0v) is 22.0. The number of hydrogen-bond acceptors (Lipinski definition) is 5. The molecular formula is C31H39NO4. The molecule has 192 valence electrons. The SMILES string of the molecule is CC(C)CC(=O)c1ccc(OC(c2ccccc2)c2ccccc2)cc1OCC(O)CNC(C)(C)C. The molecule has 36 heavy (non-hydrogen) atoms. The summed E-state index contributed by atoms with van der Waals surface area (Å²) in [5.74, 6) is 1.25. The summed E-state index contributed by atoms with van der Waals surface area (Å²) in [6.07, 6.45) is -0.622. The highest BCUT2D eigenvalue weighted by Crippen LogP contribution is 2.33. The first-order valence-electron chi connectivity index (χ1n) is 12.6. The van der Waals surface area contributed by atoms with Crippen LogP contribution in [0.4, 0.5) is 0 Å². The molecule has 0 bridgehead atoms. The number of ether oxygens (including phenoxy) is 2. The second kappa shape index (κ2) is 12.7. The van der Waals surface area contributed by atoms with Gasteiger partial charge in [-0.25, -0.2) is 0 Å². The molecule has 5 heteroatoms. The number of Topliss-reactive ketones (excluding diaryl/α,β-unsaturated/α-hetero) is 1. The van der Waals surface area contributed by atoms with Crippen LogP contribution in [-0.2, 0) is 0 Å². The van der Waals surface area contributed by atoms with Crippen molar-refractivity contribution in [3.05, 3.63) is 95.6 Å². The van der Waals surface area contributed by atoms with Gasteiger partial charge in [0.2, 0.25) is 0 Å². The number of ketones is 1. The van der Waals surface area contributed by atoms with E-state index in [9.17, 15) is 9.90 Å². The van der Waals surface area contributed by atoms with Crippen molar-refractivity contribution in [1.82, 2.24) is 5.32 Å². The number of rotatable bonds is 12. The molecule has 2 N–H and O–H groups in total. The van der Waals surface area contributed by atoms with Crippen molar-refractivity contribution in [3.8, 4) is 11.5 Å². The van der Waals surface area contributed by atoms with Gasteiger partial charge in [-0.1, -0.05) is 74.5 Å². The predicted octanol–water partition coefficient (Wildman–Crippen LogP) is 6.21. The number of aliphatic hydroxyl groups excluding tert-OH is 1. The molecule has 3 aromatic rings. The molecule has 0 aliphatic rings. The van der Waals surface area contributed by atoms with E-state index in [1.165, 1.54) is 0 Å². The van der Waals surface area contributed by atoms with Crippen LogP contribution in [0.2, 0.25) is 0 Å². The Morgan fingerprint density at radius 3 is 2.03 bits per heavy atom. The number of nitrogens with one attached hydrogen (secondary N) is 1. The van der Waals surface area contributed by atoms with Crippen LogP contribution in [0.5, 0.6) is 11.5 Å². The minimum Gasteiger partial charge on any atom is -0.490 e. The van der Waals surface area contributed by atoms with Gasteiger partial charge in [-0.2, -0.15) is 0 Å². The summed E-state index contributed by atoms with van der Waals surface area (Å²) in [6.45, 7) is 10.6. The minimum absolute atomic E-state index is 0.0107. The summed E-state index contributed by atoms with van der Waals surface area (Å²) in [5, 5.41) is 13.7. The predicted molar refractivity (Wildman–Crippen MR) is 145 cm³/mol. The number of carbonyl (C=O) groups is 1. The lowest BCUT2D eigenvalue weighted by Crippen LogP contribution is -2.42. The van der Waals surface area contributed by atoms with Crippen LogP contribution in [0, 0.1) is 5.92 Å². The first-order chi connectivity index (χ1) is 17.1. The Hall–Kier alpha value is -3.15. The molecule has 0 heterocycles. The zero-order chi connectivity index (χ0) is 26.1. The lowest BCUT2D eigenvalue weighted by molar-refractivity contribution is 0.0922. The number of benzene rings is 3. The standard InChI is InChI=1S/C31H39NO4/c1-22(2)18-28(34)27-17-16-26(19-29(27)35-21-25(33)20-32-31(3,4)5)36-30(23-12-8-6-9-13-23)24-14-10-7-11-15-24/h6-17,19,22,25,30,32-33H,18,20-21H2,1-5H3. The monoisotopic (exact) mass is 489 g/mol. The van der Waals surface area contributed by atoms with Gasteiger partial charge in [-0.05, 0) is 49.9 Å². The highest BCUT2D eigenvalue weighted by molar-refractivity contribution is 5.99. The number of aliphatic hydroxyl groups is 1.